The van der Waals surface area contributed by atoms with Gasteiger partial charge in [0.25, 0.3) is 0 Å². The van der Waals surface area contributed by atoms with Crippen LogP contribution in [-0.4, -0.2) is 119 Å². The highest BCUT2D eigenvalue weighted by Gasteiger charge is 2.00. The normalized spacial score (nSPS) is 11.3. The minimum Gasteiger partial charge on any atom is -0.466 e. The lowest BCUT2D eigenvalue weighted by atomic mass is 10.1. The first-order chi connectivity index (χ1) is 18.3. The van der Waals surface area contributed by atoms with Crippen molar-refractivity contribution in [3.63, 3.8) is 0 Å². The standard InChI is InChI=1S/C27H54O10/c1-3-37-27(28)11-9-7-5-4-6-8-10-12-30-15-16-32-19-20-34-23-24-36-26-25-35-22-21-33-18-17-31-14-13-29-2/h3-26H2,1-2H3. The van der Waals surface area contributed by atoms with E-state index in [1.807, 2.05) is 6.92 Å². The molecule has 37 heavy (non-hydrogen) atoms. The third-order valence-corrected chi connectivity index (χ3v) is 5.14. The van der Waals surface area contributed by atoms with Crippen molar-refractivity contribution in [2.75, 3.05) is 113 Å². The van der Waals surface area contributed by atoms with Crippen molar-refractivity contribution in [2.45, 2.75) is 58.3 Å². The summed E-state index contributed by atoms with van der Waals surface area (Å²) in [5, 5.41) is 0. The third kappa shape index (κ3) is 33.1. The minimum atomic E-state index is -0.0750. The van der Waals surface area contributed by atoms with E-state index in [0.717, 1.165) is 25.9 Å². The van der Waals surface area contributed by atoms with E-state index in [1.54, 1.807) is 7.11 Å². The summed E-state index contributed by atoms with van der Waals surface area (Å²) in [5.74, 6) is -0.0750. The van der Waals surface area contributed by atoms with Crippen LogP contribution in [0, 0.1) is 0 Å². The summed E-state index contributed by atoms with van der Waals surface area (Å²) in [6, 6.07) is 0. The van der Waals surface area contributed by atoms with Crippen LogP contribution >= 0.6 is 0 Å². The van der Waals surface area contributed by atoms with Crippen LogP contribution in [0.15, 0.2) is 0 Å². The number of rotatable bonds is 32. The molecule has 0 radical (unpaired) electrons. The first-order valence-corrected chi connectivity index (χ1v) is 14.0. The first kappa shape index (κ1) is 36.1. The van der Waals surface area contributed by atoms with E-state index in [-0.39, 0.29) is 5.97 Å². The Morgan fingerprint density at radius 1 is 0.432 bits per heavy atom. The van der Waals surface area contributed by atoms with Crippen molar-refractivity contribution in [3.05, 3.63) is 0 Å². The van der Waals surface area contributed by atoms with Gasteiger partial charge in [-0.05, 0) is 19.8 Å². The van der Waals surface area contributed by atoms with Gasteiger partial charge in [-0.3, -0.25) is 4.79 Å². The molecule has 0 saturated heterocycles. The quantitative estimate of drug-likeness (QED) is 0.0935. The van der Waals surface area contributed by atoms with E-state index in [9.17, 15) is 4.79 Å². The van der Waals surface area contributed by atoms with Gasteiger partial charge >= 0.3 is 5.97 Å². The van der Waals surface area contributed by atoms with E-state index < -0.39 is 0 Å². The summed E-state index contributed by atoms with van der Waals surface area (Å²) in [7, 11) is 1.65. The molecule has 0 bridgehead atoms. The van der Waals surface area contributed by atoms with Gasteiger partial charge in [0.05, 0.1) is 99.1 Å². The third-order valence-electron chi connectivity index (χ3n) is 5.14. The Hall–Kier alpha value is -0.850. The molecule has 0 unspecified atom stereocenters. The van der Waals surface area contributed by atoms with Gasteiger partial charge in [-0.15, -0.1) is 0 Å². The topological polar surface area (TPSA) is 100 Å². The summed E-state index contributed by atoms with van der Waals surface area (Å²) < 4.78 is 48.0. The van der Waals surface area contributed by atoms with Gasteiger partial charge in [0.2, 0.25) is 0 Å². The summed E-state index contributed by atoms with van der Waals surface area (Å²) >= 11 is 0. The summed E-state index contributed by atoms with van der Waals surface area (Å²) in [4.78, 5) is 11.2. The Morgan fingerprint density at radius 2 is 0.757 bits per heavy atom. The fraction of sp³-hybridized carbons (Fsp3) is 0.963. The highest BCUT2D eigenvalue weighted by atomic mass is 16.6. The number of unbranched alkanes of at least 4 members (excludes halogenated alkanes) is 6. The van der Waals surface area contributed by atoms with Crippen molar-refractivity contribution in [2.24, 2.45) is 0 Å². The number of hydrogen-bond acceptors (Lipinski definition) is 10. The van der Waals surface area contributed by atoms with Gasteiger partial charge in [-0.2, -0.15) is 0 Å². The van der Waals surface area contributed by atoms with Crippen LogP contribution in [0.5, 0.6) is 0 Å². The van der Waals surface area contributed by atoms with Crippen LogP contribution in [0.2, 0.25) is 0 Å². The SMILES string of the molecule is CCOC(=O)CCCCCCCCCOCCOCCOCCOCCOCCOCCOCCOC. The smallest absolute Gasteiger partial charge is 0.305 e. The molecule has 0 aromatic carbocycles. The predicted octanol–water partition coefficient (Wildman–Crippen LogP) is 3.43. The molecule has 0 aliphatic rings. The van der Waals surface area contributed by atoms with Crippen LogP contribution in [0.3, 0.4) is 0 Å². The fourth-order valence-electron chi connectivity index (χ4n) is 3.15. The van der Waals surface area contributed by atoms with E-state index in [0.29, 0.717) is 106 Å². The lowest BCUT2D eigenvalue weighted by Gasteiger charge is -2.08. The summed E-state index contributed by atoms with van der Waals surface area (Å²) in [6.45, 7) is 10.9. The zero-order valence-corrected chi connectivity index (χ0v) is 23.6. The molecule has 0 N–H and O–H groups in total. The van der Waals surface area contributed by atoms with Crippen molar-refractivity contribution in [3.8, 4) is 0 Å². The van der Waals surface area contributed by atoms with Crippen LogP contribution in [0.4, 0.5) is 0 Å². The molecule has 0 fully saturated rings. The fourth-order valence-corrected chi connectivity index (χ4v) is 3.15. The Kier molecular flexibility index (Phi) is 32.4. The van der Waals surface area contributed by atoms with E-state index in [4.69, 9.17) is 42.6 Å². The van der Waals surface area contributed by atoms with Crippen LogP contribution < -0.4 is 0 Å². The van der Waals surface area contributed by atoms with Crippen molar-refractivity contribution < 1.29 is 47.4 Å². The molecule has 0 aromatic heterocycles. The molecule has 0 atom stereocenters. The van der Waals surface area contributed by atoms with Gasteiger partial charge in [0, 0.05) is 20.1 Å². The molecule has 10 nitrogen and oxygen atoms in total. The molecule has 0 aliphatic carbocycles. The van der Waals surface area contributed by atoms with Gasteiger partial charge in [-0.25, -0.2) is 0 Å². The largest absolute Gasteiger partial charge is 0.466 e. The van der Waals surface area contributed by atoms with Crippen LogP contribution in [0.25, 0.3) is 0 Å². The number of carbonyl (C=O) groups is 1. The second-order valence-corrected chi connectivity index (χ2v) is 8.31. The van der Waals surface area contributed by atoms with Crippen molar-refractivity contribution in [1.82, 2.24) is 0 Å². The highest BCUT2D eigenvalue weighted by Crippen LogP contribution is 2.09. The molecule has 0 aromatic rings. The Balaban J connectivity index is 3.04. The number of carbonyl (C=O) groups excluding carboxylic acids is 1. The summed E-state index contributed by atoms with van der Waals surface area (Å²) in [5.41, 5.74) is 0. The van der Waals surface area contributed by atoms with Gasteiger partial charge in [0.1, 0.15) is 0 Å². The molecule has 0 amide bonds. The molecule has 0 rings (SSSR count). The molecule has 222 valence electrons. The Bertz CT molecular complexity index is 439. The molecule has 0 spiro atoms. The van der Waals surface area contributed by atoms with E-state index in [1.165, 1.54) is 25.7 Å². The van der Waals surface area contributed by atoms with E-state index in [2.05, 4.69) is 0 Å². The van der Waals surface area contributed by atoms with Crippen LogP contribution in [-0.2, 0) is 47.4 Å². The number of hydrogen-bond donors (Lipinski definition) is 0. The number of methoxy groups -OCH3 is 1. The lowest BCUT2D eigenvalue weighted by molar-refractivity contribution is -0.143. The zero-order chi connectivity index (χ0) is 26.9. The van der Waals surface area contributed by atoms with Crippen molar-refractivity contribution >= 4 is 5.97 Å². The van der Waals surface area contributed by atoms with E-state index >= 15 is 0 Å². The Morgan fingerprint density at radius 3 is 1.14 bits per heavy atom. The molecule has 0 heterocycles. The monoisotopic (exact) mass is 538 g/mol. The highest BCUT2D eigenvalue weighted by molar-refractivity contribution is 5.69. The Labute approximate surface area is 224 Å². The molecule has 0 aliphatic heterocycles. The first-order valence-electron chi connectivity index (χ1n) is 14.0. The maximum Gasteiger partial charge on any atom is 0.305 e. The van der Waals surface area contributed by atoms with Gasteiger partial charge in [-0.1, -0.05) is 32.1 Å². The average Bonchev–Trinajstić information content (AvgIpc) is 2.90. The molecular formula is C27H54O10. The van der Waals surface area contributed by atoms with Gasteiger partial charge in [0.15, 0.2) is 0 Å². The second-order valence-electron chi connectivity index (χ2n) is 8.31. The summed E-state index contributed by atoms with van der Waals surface area (Å²) in [6.07, 6.45) is 8.45. The number of esters is 1. The second kappa shape index (κ2) is 33.2. The molecule has 0 saturated carbocycles. The number of ether oxygens (including phenoxy) is 9. The van der Waals surface area contributed by atoms with Crippen LogP contribution in [0.1, 0.15) is 58.3 Å². The van der Waals surface area contributed by atoms with Gasteiger partial charge < -0.3 is 42.6 Å². The lowest BCUT2D eigenvalue weighted by Crippen LogP contribution is -2.14. The molecular weight excluding hydrogens is 484 g/mol. The average molecular weight is 539 g/mol. The maximum atomic E-state index is 11.2. The maximum absolute atomic E-state index is 11.2. The minimum absolute atomic E-state index is 0.0750. The molecule has 10 heteroatoms. The zero-order valence-electron chi connectivity index (χ0n) is 23.6. The van der Waals surface area contributed by atoms with Crippen molar-refractivity contribution in [1.29, 1.82) is 0 Å². The predicted molar refractivity (Wildman–Crippen MR) is 141 cm³/mol.